The molecular formula is C16H17N5O. The Balaban J connectivity index is 1.67. The molecule has 3 rings (SSSR count). The van der Waals surface area contributed by atoms with Crippen LogP contribution in [0.3, 0.4) is 0 Å². The highest BCUT2D eigenvalue weighted by molar-refractivity contribution is 5.86. The lowest BCUT2D eigenvalue weighted by atomic mass is 10.1. The van der Waals surface area contributed by atoms with Crippen LogP contribution in [0.2, 0.25) is 0 Å². The third-order valence-corrected chi connectivity index (χ3v) is 3.41. The van der Waals surface area contributed by atoms with E-state index in [1.165, 1.54) is 6.33 Å². The van der Waals surface area contributed by atoms with Crippen LogP contribution in [-0.2, 0) is 0 Å². The molecule has 0 amide bonds. The second-order valence-corrected chi connectivity index (χ2v) is 4.97. The number of rotatable bonds is 5. The summed E-state index contributed by atoms with van der Waals surface area (Å²) in [6, 6.07) is 13.2. The van der Waals surface area contributed by atoms with Gasteiger partial charge < -0.3 is 16.2 Å². The van der Waals surface area contributed by atoms with Crippen LogP contribution in [0.4, 0.5) is 11.6 Å². The number of aliphatic hydroxyl groups is 1. The molecule has 3 aromatic rings. The number of nitrogens with zero attached hydrogens (tertiary/aromatic N) is 3. The molecule has 0 aliphatic rings. The predicted octanol–water partition coefficient (Wildman–Crippen LogP) is 2.14. The van der Waals surface area contributed by atoms with Gasteiger partial charge in [-0.15, -0.1) is 0 Å². The Bertz CT molecular complexity index is 763. The summed E-state index contributed by atoms with van der Waals surface area (Å²) in [6.07, 6.45) is 1.53. The van der Waals surface area contributed by atoms with Crippen molar-refractivity contribution in [3.63, 3.8) is 0 Å². The van der Waals surface area contributed by atoms with E-state index in [-0.39, 0.29) is 0 Å². The van der Waals surface area contributed by atoms with Crippen molar-refractivity contribution >= 4 is 22.7 Å². The molecule has 0 saturated heterocycles. The Labute approximate surface area is 128 Å². The van der Waals surface area contributed by atoms with Crippen molar-refractivity contribution in [2.75, 3.05) is 17.6 Å². The van der Waals surface area contributed by atoms with Gasteiger partial charge >= 0.3 is 0 Å². The topological polar surface area (TPSA) is 97.0 Å². The number of benzene rings is 1. The van der Waals surface area contributed by atoms with Crippen molar-refractivity contribution in [1.29, 1.82) is 0 Å². The minimum absolute atomic E-state index is 0.427. The van der Waals surface area contributed by atoms with Gasteiger partial charge in [0.05, 0.1) is 11.5 Å². The molecule has 0 spiro atoms. The van der Waals surface area contributed by atoms with Gasteiger partial charge in [0.1, 0.15) is 18.0 Å². The normalized spacial score (nSPS) is 12.2. The van der Waals surface area contributed by atoms with E-state index >= 15 is 0 Å². The second-order valence-electron chi connectivity index (χ2n) is 4.97. The first-order valence-electron chi connectivity index (χ1n) is 7.08. The number of nitrogen functional groups attached to an aromatic ring is 1. The molecule has 0 aliphatic heterocycles. The van der Waals surface area contributed by atoms with Crippen LogP contribution >= 0.6 is 0 Å². The molecule has 0 radical (unpaired) electrons. The number of aliphatic hydroxyl groups excluding tert-OH is 1. The van der Waals surface area contributed by atoms with Gasteiger partial charge in [0, 0.05) is 6.54 Å². The summed E-state index contributed by atoms with van der Waals surface area (Å²) >= 11 is 0. The molecular weight excluding hydrogens is 278 g/mol. The van der Waals surface area contributed by atoms with Crippen LogP contribution < -0.4 is 11.1 Å². The summed E-state index contributed by atoms with van der Waals surface area (Å²) in [4.78, 5) is 12.5. The van der Waals surface area contributed by atoms with Crippen LogP contribution in [0, 0.1) is 0 Å². The number of pyridine rings is 1. The standard InChI is InChI=1S/C16H17N5O/c17-14-7-6-12-15(19-10-20-16(12)21-14)18-9-8-13(22)11-4-2-1-3-5-11/h1-7,10,13,22H,8-9H2,(H3,17,18,19,20,21)/t13-/m1/s1. The van der Waals surface area contributed by atoms with E-state index in [1.807, 2.05) is 36.4 Å². The molecule has 112 valence electrons. The Morgan fingerprint density at radius 3 is 2.73 bits per heavy atom. The van der Waals surface area contributed by atoms with Crippen molar-refractivity contribution in [3.8, 4) is 0 Å². The summed E-state index contributed by atoms with van der Waals surface area (Å²) in [5.74, 6) is 1.12. The smallest absolute Gasteiger partial charge is 0.166 e. The average Bonchev–Trinajstić information content (AvgIpc) is 2.55. The lowest BCUT2D eigenvalue weighted by Crippen LogP contribution is -2.09. The number of fused-ring (bicyclic) bond motifs is 1. The van der Waals surface area contributed by atoms with Gasteiger partial charge in [-0.2, -0.15) is 0 Å². The Hall–Kier alpha value is -2.73. The van der Waals surface area contributed by atoms with Gasteiger partial charge in [-0.25, -0.2) is 15.0 Å². The minimum atomic E-state index is -0.504. The number of hydrogen-bond acceptors (Lipinski definition) is 6. The van der Waals surface area contributed by atoms with E-state index in [2.05, 4.69) is 20.3 Å². The quantitative estimate of drug-likeness (QED) is 0.667. The predicted molar refractivity (Wildman–Crippen MR) is 86.3 cm³/mol. The number of aromatic nitrogens is 3. The average molecular weight is 295 g/mol. The van der Waals surface area contributed by atoms with Crippen LogP contribution in [0.5, 0.6) is 0 Å². The maximum Gasteiger partial charge on any atom is 0.166 e. The SMILES string of the molecule is Nc1ccc2c(NCC[C@@H](O)c3ccccc3)ncnc2n1. The summed E-state index contributed by atoms with van der Waals surface area (Å²) in [5.41, 5.74) is 7.12. The molecule has 0 aliphatic carbocycles. The molecule has 6 nitrogen and oxygen atoms in total. The minimum Gasteiger partial charge on any atom is -0.388 e. The summed E-state index contributed by atoms with van der Waals surface area (Å²) < 4.78 is 0. The van der Waals surface area contributed by atoms with Crippen LogP contribution in [0.25, 0.3) is 11.0 Å². The van der Waals surface area contributed by atoms with E-state index < -0.39 is 6.10 Å². The van der Waals surface area contributed by atoms with E-state index in [1.54, 1.807) is 6.07 Å². The zero-order valence-electron chi connectivity index (χ0n) is 12.0. The first-order valence-corrected chi connectivity index (χ1v) is 7.08. The highest BCUT2D eigenvalue weighted by Crippen LogP contribution is 2.20. The summed E-state index contributed by atoms with van der Waals surface area (Å²) in [5, 5.41) is 14.2. The van der Waals surface area contributed by atoms with Gasteiger partial charge in [0.25, 0.3) is 0 Å². The monoisotopic (exact) mass is 295 g/mol. The second kappa shape index (κ2) is 6.36. The molecule has 0 unspecified atom stereocenters. The molecule has 4 N–H and O–H groups in total. The highest BCUT2D eigenvalue weighted by Gasteiger charge is 2.08. The lowest BCUT2D eigenvalue weighted by Gasteiger charge is -2.12. The molecule has 2 heterocycles. The Morgan fingerprint density at radius 2 is 1.91 bits per heavy atom. The molecule has 6 heteroatoms. The zero-order chi connectivity index (χ0) is 15.4. The van der Waals surface area contributed by atoms with Crippen molar-refractivity contribution in [2.24, 2.45) is 0 Å². The summed E-state index contributed by atoms with van der Waals surface area (Å²) in [7, 11) is 0. The third kappa shape index (κ3) is 3.12. The fourth-order valence-electron chi connectivity index (χ4n) is 2.27. The van der Waals surface area contributed by atoms with Crippen molar-refractivity contribution in [1.82, 2.24) is 15.0 Å². The van der Waals surface area contributed by atoms with Crippen molar-refractivity contribution in [2.45, 2.75) is 12.5 Å². The number of hydrogen-bond donors (Lipinski definition) is 3. The molecule has 1 atom stereocenters. The van der Waals surface area contributed by atoms with E-state index in [4.69, 9.17) is 5.73 Å². The van der Waals surface area contributed by atoms with Gasteiger partial charge in [0.2, 0.25) is 0 Å². The first-order chi connectivity index (χ1) is 10.7. The maximum atomic E-state index is 10.1. The number of nitrogens with one attached hydrogen (secondary N) is 1. The first kappa shape index (κ1) is 14.2. The molecule has 0 fully saturated rings. The Kier molecular flexibility index (Phi) is 4.11. The molecule has 2 aromatic heterocycles. The highest BCUT2D eigenvalue weighted by atomic mass is 16.3. The van der Waals surface area contributed by atoms with Gasteiger partial charge in [0.15, 0.2) is 5.65 Å². The molecule has 1 aromatic carbocycles. The van der Waals surface area contributed by atoms with E-state index in [0.29, 0.717) is 30.2 Å². The zero-order valence-corrected chi connectivity index (χ0v) is 12.0. The lowest BCUT2D eigenvalue weighted by molar-refractivity contribution is 0.171. The largest absolute Gasteiger partial charge is 0.388 e. The van der Waals surface area contributed by atoms with E-state index in [0.717, 1.165) is 10.9 Å². The molecule has 22 heavy (non-hydrogen) atoms. The number of anilines is 2. The van der Waals surface area contributed by atoms with Gasteiger partial charge in [-0.3, -0.25) is 0 Å². The number of nitrogens with two attached hydrogens (primary N) is 1. The maximum absolute atomic E-state index is 10.1. The van der Waals surface area contributed by atoms with Crippen LogP contribution in [-0.4, -0.2) is 26.6 Å². The molecule has 0 saturated carbocycles. The van der Waals surface area contributed by atoms with Gasteiger partial charge in [-0.05, 0) is 24.1 Å². The fraction of sp³-hybridized carbons (Fsp3) is 0.188. The van der Waals surface area contributed by atoms with Crippen LogP contribution in [0.1, 0.15) is 18.1 Å². The van der Waals surface area contributed by atoms with Crippen molar-refractivity contribution in [3.05, 3.63) is 54.4 Å². The molecule has 0 bridgehead atoms. The third-order valence-electron chi connectivity index (χ3n) is 3.41. The Morgan fingerprint density at radius 1 is 1.09 bits per heavy atom. The summed E-state index contributed by atoms with van der Waals surface area (Å²) in [6.45, 7) is 0.590. The van der Waals surface area contributed by atoms with E-state index in [9.17, 15) is 5.11 Å². The van der Waals surface area contributed by atoms with Crippen molar-refractivity contribution < 1.29 is 5.11 Å². The van der Waals surface area contributed by atoms with Crippen LogP contribution in [0.15, 0.2) is 48.8 Å². The van der Waals surface area contributed by atoms with Gasteiger partial charge in [-0.1, -0.05) is 30.3 Å². The fourth-order valence-corrected chi connectivity index (χ4v) is 2.27.